The Kier molecular flexibility index (Phi) is 4.15. The molecule has 1 aliphatic rings. The molecule has 0 spiro atoms. The van der Waals surface area contributed by atoms with Gasteiger partial charge in [-0.15, -0.1) is 0 Å². The van der Waals surface area contributed by atoms with E-state index in [9.17, 15) is 0 Å². The monoisotopic (exact) mass is 237 g/mol. The van der Waals surface area contributed by atoms with Crippen molar-refractivity contribution in [3.63, 3.8) is 0 Å². The van der Waals surface area contributed by atoms with Crippen LogP contribution in [0.2, 0.25) is 0 Å². The van der Waals surface area contributed by atoms with Gasteiger partial charge < -0.3 is 10.3 Å². The average Bonchev–Trinajstić information content (AvgIpc) is 2.78. The van der Waals surface area contributed by atoms with Gasteiger partial charge in [0, 0.05) is 5.92 Å². The third kappa shape index (κ3) is 3.28. The van der Waals surface area contributed by atoms with E-state index in [0.717, 1.165) is 12.2 Å². The Labute approximate surface area is 103 Å². The first-order valence-electron chi connectivity index (χ1n) is 6.76. The van der Waals surface area contributed by atoms with Crippen LogP contribution in [0, 0.1) is 5.92 Å². The molecule has 1 atom stereocenters. The van der Waals surface area contributed by atoms with Crippen molar-refractivity contribution in [2.75, 3.05) is 0 Å². The zero-order valence-electron chi connectivity index (χ0n) is 10.9. The molecule has 4 nitrogen and oxygen atoms in total. The fourth-order valence-electron chi connectivity index (χ4n) is 2.53. The number of hydrogen-bond donors (Lipinski definition) is 1. The van der Waals surface area contributed by atoms with Crippen molar-refractivity contribution in [1.82, 2.24) is 10.1 Å². The molecule has 2 N–H and O–H groups in total. The molecule has 0 radical (unpaired) electrons. The summed E-state index contributed by atoms with van der Waals surface area (Å²) in [6, 6.07) is -0.111. The predicted octanol–water partition coefficient (Wildman–Crippen LogP) is 3.16. The summed E-state index contributed by atoms with van der Waals surface area (Å²) in [5.41, 5.74) is 6.04. The molecule has 0 amide bonds. The highest BCUT2D eigenvalue weighted by molar-refractivity contribution is 4.99. The van der Waals surface area contributed by atoms with E-state index in [1.54, 1.807) is 0 Å². The highest BCUT2D eigenvalue weighted by Crippen LogP contribution is 2.31. The fourth-order valence-corrected chi connectivity index (χ4v) is 2.53. The lowest BCUT2D eigenvalue weighted by atomic mass is 9.89. The third-order valence-electron chi connectivity index (χ3n) is 3.47. The lowest BCUT2D eigenvalue weighted by Gasteiger charge is -2.17. The van der Waals surface area contributed by atoms with E-state index in [-0.39, 0.29) is 6.04 Å². The first-order chi connectivity index (χ1) is 8.16. The molecule has 17 heavy (non-hydrogen) atoms. The Hall–Kier alpha value is -0.900. The van der Waals surface area contributed by atoms with E-state index in [4.69, 9.17) is 10.3 Å². The van der Waals surface area contributed by atoms with Crippen LogP contribution in [0.15, 0.2) is 4.52 Å². The summed E-state index contributed by atoms with van der Waals surface area (Å²) >= 11 is 0. The number of hydrogen-bond acceptors (Lipinski definition) is 4. The van der Waals surface area contributed by atoms with Crippen LogP contribution < -0.4 is 5.73 Å². The van der Waals surface area contributed by atoms with Crippen LogP contribution in [0.1, 0.15) is 76.0 Å². The molecule has 1 heterocycles. The van der Waals surface area contributed by atoms with E-state index in [1.165, 1.54) is 32.1 Å². The molecular formula is C13H23N3O. The normalized spacial score (nSPS) is 19.8. The van der Waals surface area contributed by atoms with Crippen LogP contribution in [0.25, 0.3) is 0 Å². The number of nitrogens with two attached hydrogens (primary N) is 1. The van der Waals surface area contributed by atoms with E-state index >= 15 is 0 Å². The second-order valence-corrected chi connectivity index (χ2v) is 5.56. The Bertz CT molecular complexity index is 342. The molecule has 1 aromatic rings. The Morgan fingerprint density at radius 2 is 2.00 bits per heavy atom. The Balaban J connectivity index is 1.99. The van der Waals surface area contributed by atoms with Crippen LogP contribution in [0.3, 0.4) is 0 Å². The minimum absolute atomic E-state index is 0.111. The molecule has 0 unspecified atom stereocenters. The van der Waals surface area contributed by atoms with Gasteiger partial charge >= 0.3 is 0 Å². The quantitative estimate of drug-likeness (QED) is 0.873. The van der Waals surface area contributed by atoms with Crippen molar-refractivity contribution in [1.29, 1.82) is 0 Å². The molecule has 0 saturated heterocycles. The van der Waals surface area contributed by atoms with Gasteiger partial charge in [0.15, 0.2) is 5.82 Å². The minimum Gasteiger partial charge on any atom is -0.338 e. The van der Waals surface area contributed by atoms with Gasteiger partial charge in [-0.1, -0.05) is 38.3 Å². The van der Waals surface area contributed by atoms with Crippen molar-refractivity contribution in [3.05, 3.63) is 11.7 Å². The summed E-state index contributed by atoms with van der Waals surface area (Å²) in [5.74, 6) is 2.53. The summed E-state index contributed by atoms with van der Waals surface area (Å²) < 4.78 is 5.29. The summed E-state index contributed by atoms with van der Waals surface area (Å²) in [7, 11) is 0. The molecule has 0 aromatic carbocycles. The maximum Gasteiger partial charge on any atom is 0.243 e. The molecule has 4 heteroatoms. The van der Waals surface area contributed by atoms with Crippen molar-refractivity contribution in [3.8, 4) is 0 Å². The van der Waals surface area contributed by atoms with Gasteiger partial charge in [-0.05, 0) is 25.2 Å². The molecule has 0 aliphatic heterocycles. The van der Waals surface area contributed by atoms with Crippen LogP contribution in [0.5, 0.6) is 0 Å². The molecule has 1 saturated carbocycles. The van der Waals surface area contributed by atoms with Gasteiger partial charge in [-0.3, -0.25) is 0 Å². The predicted molar refractivity (Wildman–Crippen MR) is 66.5 cm³/mol. The Morgan fingerprint density at radius 3 is 2.65 bits per heavy atom. The van der Waals surface area contributed by atoms with Gasteiger partial charge in [0.05, 0.1) is 6.04 Å². The molecule has 2 rings (SSSR count). The SMILES string of the molecule is CC(C)C[C@H](N)c1nc(C2CCCCC2)no1. The van der Waals surface area contributed by atoms with Gasteiger partial charge in [0.25, 0.3) is 0 Å². The zero-order valence-corrected chi connectivity index (χ0v) is 10.9. The first kappa shape index (κ1) is 12.6. The van der Waals surface area contributed by atoms with Gasteiger partial charge in [0.1, 0.15) is 0 Å². The van der Waals surface area contributed by atoms with Crippen LogP contribution >= 0.6 is 0 Å². The highest BCUT2D eigenvalue weighted by atomic mass is 16.5. The molecule has 1 aromatic heterocycles. The van der Waals surface area contributed by atoms with Crippen LogP contribution in [-0.2, 0) is 0 Å². The van der Waals surface area contributed by atoms with Gasteiger partial charge in [-0.25, -0.2) is 0 Å². The fraction of sp³-hybridized carbons (Fsp3) is 0.846. The number of rotatable bonds is 4. The van der Waals surface area contributed by atoms with Crippen molar-refractivity contribution in [2.24, 2.45) is 11.7 Å². The number of aromatic nitrogens is 2. The zero-order chi connectivity index (χ0) is 12.3. The lowest BCUT2D eigenvalue weighted by Crippen LogP contribution is -2.13. The minimum atomic E-state index is -0.111. The topological polar surface area (TPSA) is 64.9 Å². The van der Waals surface area contributed by atoms with Crippen molar-refractivity contribution < 1.29 is 4.52 Å². The van der Waals surface area contributed by atoms with Crippen LogP contribution in [-0.4, -0.2) is 10.1 Å². The van der Waals surface area contributed by atoms with Gasteiger partial charge in [0.2, 0.25) is 5.89 Å². The maximum atomic E-state index is 6.04. The molecule has 96 valence electrons. The van der Waals surface area contributed by atoms with E-state index in [1.807, 2.05) is 0 Å². The van der Waals surface area contributed by atoms with Crippen LogP contribution in [0.4, 0.5) is 0 Å². The summed E-state index contributed by atoms with van der Waals surface area (Å²) in [6.07, 6.45) is 7.19. The molecular weight excluding hydrogens is 214 g/mol. The summed E-state index contributed by atoms with van der Waals surface area (Å²) in [6.45, 7) is 4.30. The summed E-state index contributed by atoms with van der Waals surface area (Å²) in [5, 5.41) is 4.10. The standard InChI is InChI=1S/C13H23N3O/c1-9(2)8-11(14)13-15-12(16-17-13)10-6-4-3-5-7-10/h9-11H,3-8,14H2,1-2H3/t11-/m0/s1. The van der Waals surface area contributed by atoms with E-state index < -0.39 is 0 Å². The average molecular weight is 237 g/mol. The Morgan fingerprint density at radius 1 is 1.29 bits per heavy atom. The maximum absolute atomic E-state index is 6.04. The largest absolute Gasteiger partial charge is 0.338 e. The van der Waals surface area contributed by atoms with E-state index in [0.29, 0.717) is 17.7 Å². The van der Waals surface area contributed by atoms with Gasteiger partial charge in [-0.2, -0.15) is 4.98 Å². The molecule has 1 aliphatic carbocycles. The lowest BCUT2D eigenvalue weighted by molar-refractivity contribution is 0.326. The second kappa shape index (κ2) is 5.63. The smallest absolute Gasteiger partial charge is 0.243 e. The van der Waals surface area contributed by atoms with Crippen molar-refractivity contribution in [2.45, 2.75) is 64.3 Å². The molecule has 0 bridgehead atoms. The molecule has 1 fully saturated rings. The second-order valence-electron chi connectivity index (χ2n) is 5.56. The third-order valence-corrected chi connectivity index (χ3v) is 3.47. The highest BCUT2D eigenvalue weighted by Gasteiger charge is 2.23. The number of nitrogens with zero attached hydrogens (tertiary/aromatic N) is 2. The van der Waals surface area contributed by atoms with E-state index in [2.05, 4.69) is 24.0 Å². The van der Waals surface area contributed by atoms with Crippen molar-refractivity contribution >= 4 is 0 Å². The summed E-state index contributed by atoms with van der Waals surface area (Å²) in [4.78, 5) is 4.48. The first-order valence-corrected chi connectivity index (χ1v) is 6.76.